The fourth-order valence-electron chi connectivity index (χ4n) is 2.73. The maximum absolute atomic E-state index is 12.4. The summed E-state index contributed by atoms with van der Waals surface area (Å²) in [5, 5.41) is 10.2. The molecule has 30 heavy (non-hydrogen) atoms. The Balaban J connectivity index is 1.36. The molecule has 0 saturated carbocycles. The van der Waals surface area contributed by atoms with Crippen molar-refractivity contribution in [2.24, 2.45) is 0 Å². The van der Waals surface area contributed by atoms with Crippen molar-refractivity contribution in [3.63, 3.8) is 0 Å². The Morgan fingerprint density at radius 3 is 2.50 bits per heavy atom. The van der Waals surface area contributed by atoms with Crippen molar-refractivity contribution in [1.82, 2.24) is 19.7 Å². The summed E-state index contributed by atoms with van der Waals surface area (Å²) in [6.45, 7) is 1.71. The highest BCUT2D eigenvalue weighted by Crippen LogP contribution is 2.19. The van der Waals surface area contributed by atoms with E-state index in [1.54, 1.807) is 23.9 Å². The van der Waals surface area contributed by atoms with Crippen LogP contribution in [0.15, 0.2) is 85.5 Å². The number of hydrogen-bond donors (Lipinski definition) is 2. The lowest BCUT2D eigenvalue weighted by molar-refractivity contribution is -0.122. The third-order valence-electron chi connectivity index (χ3n) is 4.24. The molecule has 150 valence electrons. The van der Waals surface area contributed by atoms with E-state index in [9.17, 15) is 4.79 Å². The van der Waals surface area contributed by atoms with Crippen LogP contribution in [0.1, 0.15) is 6.92 Å². The van der Waals surface area contributed by atoms with E-state index in [1.807, 2.05) is 66.9 Å². The molecule has 1 amide bonds. The molecule has 2 aromatic heterocycles. The first kappa shape index (κ1) is 19.1. The van der Waals surface area contributed by atoms with Crippen molar-refractivity contribution in [1.29, 1.82) is 0 Å². The number of hydrogen-bond acceptors (Lipinski definition) is 6. The molecule has 0 aliphatic carbocycles. The summed E-state index contributed by atoms with van der Waals surface area (Å²) < 4.78 is 7.30. The number of ether oxygens (including phenoxy) is 1. The molecule has 0 radical (unpaired) electrons. The number of nitrogens with one attached hydrogen (secondary N) is 2. The zero-order valence-electron chi connectivity index (χ0n) is 16.3. The first-order valence-electron chi connectivity index (χ1n) is 9.39. The Kier molecular flexibility index (Phi) is 5.66. The Hall–Kier alpha value is -4.20. The van der Waals surface area contributed by atoms with Crippen LogP contribution in [0.4, 0.5) is 17.2 Å². The quantitative estimate of drug-likeness (QED) is 0.490. The van der Waals surface area contributed by atoms with Crippen molar-refractivity contribution in [2.75, 3.05) is 10.6 Å². The molecule has 0 aliphatic heterocycles. The third kappa shape index (κ3) is 4.79. The predicted molar refractivity (Wildman–Crippen MR) is 114 cm³/mol. The topological polar surface area (TPSA) is 94.0 Å². The van der Waals surface area contributed by atoms with Gasteiger partial charge in [0.05, 0.1) is 0 Å². The van der Waals surface area contributed by atoms with E-state index in [2.05, 4.69) is 25.7 Å². The highest BCUT2D eigenvalue weighted by molar-refractivity contribution is 5.94. The molecule has 4 rings (SSSR count). The lowest BCUT2D eigenvalue weighted by Gasteiger charge is -2.15. The van der Waals surface area contributed by atoms with E-state index in [0.717, 1.165) is 5.69 Å². The molecule has 1 atom stereocenters. The molecule has 1 unspecified atom stereocenters. The predicted octanol–water partition coefficient (Wildman–Crippen LogP) is 3.81. The second kappa shape index (κ2) is 8.87. The van der Waals surface area contributed by atoms with Gasteiger partial charge in [0.1, 0.15) is 17.9 Å². The number of carbonyl (C=O) groups excluding carboxylic acids is 1. The van der Waals surface area contributed by atoms with Crippen LogP contribution in [0.2, 0.25) is 0 Å². The maximum Gasteiger partial charge on any atom is 0.265 e. The molecule has 2 N–H and O–H groups in total. The van der Waals surface area contributed by atoms with Gasteiger partial charge in [-0.25, -0.2) is 14.6 Å². The number of rotatable bonds is 7. The molecule has 2 aromatic carbocycles. The molecule has 0 spiro atoms. The summed E-state index contributed by atoms with van der Waals surface area (Å²) in [4.78, 5) is 20.8. The van der Waals surface area contributed by atoms with Gasteiger partial charge in [0.2, 0.25) is 0 Å². The number of benzene rings is 2. The number of carbonyl (C=O) groups is 1. The van der Waals surface area contributed by atoms with Gasteiger partial charge in [-0.3, -0.25) is 4.79 Å². The molecule has 8 nitrogen and oxygen atoms in total. The molecule has 0 aliphatic rings. The molecular weight excluding hydrogens is 380 g/mol. The number of nitrogens with zero attached hydrogens (tertiary/aromatic N) is 4. The second-order valence-electron chi connectivity index (χ2n) is 6.48. The van der Waals surface area contributed by atoms with Gasteiger partial charge in [-0.1, -0.05) is 18.2 Å². The van der Waals surface area contributed by atoms with Gasteiger partial charge >= 0.3 is 0 Å². The second-order valence-corrected chi connectivity index (χ2v) is 6.48. The van der Waals surface area contributed by atoms with Crippen LogP contribution >= 0.6 is 0 Å². The van der Waals surface area contributed by atoms with Crippen LogP contribution in [0.3, 0.4) is 0 Å². The van der Waals surface area contributed by atoms with Crippen LogP contribution in [-0.4, -0.2) is 31.8 Å². The van der Waals surface area contributed by atoms with E-state index in [4.69, 9.17) is 4.74 Å². The Bertz CT molecular complexity index is 1100. The Morgan fingerprint density at radius 2 is 1.77 bits per heavy atom. The first-order chi connectivity index (χ1) is 14.7. The van der Waals surface area contributed by atoms with Crippen molar-refractivity contribution in [3.05, 3.63) is 85.5 Å². The van der Waals surface area contributed by atoms with Gasteiger partial charge in [-0.15, -0.1) is 0 Å². The SMILES string of the molecule is CC(Oc1ccccc1)C(=O)Nc1ccc(Nc2cc(-n3cccn3)ncn2)cc1. The minimum atomic E-state index is -0.619. The fourth-order valence-corrected chi connectivity index (χ4v) is 2.73. The van der Waals surface area contributed by atoms with Crippen LogP contribution in [0.5, 0.6) is 5.75 Å². The van der Waals surface area contributed by atoms with Crippen molar-refractivity contribution in [3.8, 4) is 11.6 Å². The number of aromatic nitrogens is 4. The summed E-state index contributed by atoms with van der Waals surface area (Å²) in [7, 11) is 0. The lowest BCUT2D eigenvalue weighted by atomic mass is 10.2. The highest BCUT2D eigenvalue weighted by atomic mass is 16.5. The first-order valence-corrected chi connectivity index (χ1v) is 9.39. The van der Waals surface area contributed by atoms with Gasteiger partial charge < -0.3 is 15.4 Å². The monoisotopic (exact) mass is 400 g/mol. The Morgan fingerprint density at radius 1 is 1.00 bits per heavy atom. The zero-order valence-corrected chi connectivity index (χ0v) is 16.3. The van der Waals surface area contributed by atoms with Crippen LogP contribution < -0.4 is 15.4 Å². The molecule has 0 bridgehead atoms. The average molecular weight is 400 g/mol. The van der Waals surface area contributed by atoms with Crippen LogP contribution in [-0.2, 0) is 4.79 Å². The highest BCUT2D eigenvalue weighted by Gasteiger charge is 2.14. The standard InChI is InChI=1S/C22H20N6O2/c1-16(30-19-6-3-2-4-7-19)22(29)27-18-10-8-17(9-11-18)26-20-14-21(24-15-23-20)28-13-5-12-25-28/h2-16H,1H3,(H,27,29)(H,23,24,26). The summed E-state index contributed by atoms with van der Waals surface area (Å²) in [5.41, 5.74) is 1.50. The molecule has 0 fully saturated rings. The minimum absolute atomic E-state index is 0.223. The molecule has 2 heterocycles. The molecule has 0 saturated heterocycles. The van der Waals surface area contributed by atoms with Crippen molar-refractivity contribution in [2.45, 2.75) is 13.0 Å². The van der Waals surface area contributed by atoms with Gasteiger partial charge in [0.15, 0.2) is 11.9 Å². The number of amides is 1. The van der Waals surface area contributed by atoms with E-state index in [1.165, 1.54) is 6.33 Å². The Labute approximate surface area is 173 Å². The molecule has 4 aromatic rings. The van der Waals surface area contributed by atoms with Gasteiger partial charge in [-0.05, 0) is 49.4 Å². The number of para-hydroxylation sites is 1. The maximum atomic E-state index is 12.4. The number of anilines is 3. The smallest absolute Gasteiger partial charge is 0.265 e. The lowest BCUT2D eigenvalue weighted by Crippen LogP contribution is -2.30. The summed E-state index contributed by atoms with van der Waals surface area (Å²) >= 11 is 0. The molecule has 8 heteroatoms. The van der Waals surface area contributed by atoms with E-state index >= 15 is 0 Å². The van der Waals surface area contributed by atoms with Gasteiger partial charge in [0, 0.05) is 29.8 Å². The zero-order chi connectivity index (χ0) is 20.8. The average Bonchev–Trinajstić information content (AvgIpc) is 3.31. The van der Waals surface area contributed by atoms with E-state index in [-0.39, 0.29) is 5.91 Å². The third-order valence-corrected chi connectivity index (χ3v) is 4.24. The van der Waals surface area contributed by atoms with Crippen LogP contribution in [0, 0.1) is 0 Å². The summed E-state index contributed by atoms with van der Waals surface area (Å²) in [6, 6.07) is 20.2. The minimum Gasteiger partial charge on any atom is -0.481 e. The van der Waals surface area contributed by atoms with Gasteiger partial charge in [-0.2, -0.15) is 5.10 Å². The van der Waals surface area contributed by atoms with Crippen molar-refractivity contribution < 1.29 is 9.53 Å². The van der Waals surface area contributed by atoms with Crippen LogP contribution in [0.25, 0.3) is 5.82 Å². The molecular formula is C22H20N6O2. The van der Waals surface area contributed by atoms with E-state index in [0.29, 0.717) is 23.1 Å². The summed E-state index contributed by atoms with van der Waals surface area (Å²) in [5.74, 6) is 1.73. The van der Waals surface area contributed by atoms with Crippen molar-refractivity contribution >= 4 is 23.1 Å². The summed E-state index contributed by atoms with van der Waals surface area (Å²) in [6.07, 6.45) is 4.36. The van der Waals surface area contributed by atoms with E-state index < -0.39 is 6.10 Å². The normalized spacial score (nSPS) is 11.5. The largest absolute Gasteiger partial charge is 0.481 e. The fraction of sp³-hybridized carbons (Fsp3) is 0.0909. The van der Waals surface area contributed by atoms with Gasteiger partial charge in [0.25, 0.3) is 5.91 Å².